The fraction of sp³-hybridized carbons (Fsp3) is 0.273. The van der Waals surface area contributed by atoms with Crippen molar-refractivity contribution in [1.29, 1.82) is 0 Å². The molecule has 3 atom stereocenters. The van der Waals surface area contributed by atoms with Gasteiger partial charge in [-0.05, 0) is 30.5 Å². The number of hydrogen-bond donors (Lipinski definition) is 2. The van der Waals surface area contributed by atoms with Crippen LogP contribution in [0.4, 0.5) is 17.1 Å². The van der Waals surface area contributed by atoms with E-state index in [4.69, 9.17) is 4.74 Å². The van der Waals surface area contributed by atoms with Gasteiger partial charge in [-0.2, -0.15) is 0 Å². The van der Waals surface area contributed by atoms with E-state index in [1.807, 2.05) is 31.2 Å². The van der Waals surface area contributed by atoms with Gasteiger partial charge in [0.05, 0.1) is 35.0 Å². The predicted octanol–water partition coefficient (Wildman–Crippen LogP) is 3.83. The van der Waals surface area contributed by atoms with Crippen molar-refractivity contribution in [2.45, 2.75) is 19.4 Å². The molecular weight excluding hydrogens is 386 g/mol. The summed E-state index contributed by atoms with van der Waals surface area (Å²) in [6, 6.07) is 13.0. The lowest BCUT2D eigenvalue weighted by molar-refractivity contribution is -0.385. The number of Topliss-reactive ketones (excluding diaryl/α,β-unsaturated/α-hetero) is 1. The van der Waals surface area contributed by atoms with Gasteiger partial charge in [0.1, 0.15) is 5.92 Å². The normalized spacial score (nSPS) is 22.7. The van der Waals surface area contributed by atoms with Crippen molar-refractivity contribution in [3.63, 3.8) is 0 Å². The molecule has 2 aromatic carbocycles. The largest absolute Gasteiger partial charge is 0.468 e. The first kappa shape index (κ1) is 19.6. The van der Waals surface area contributed by atoms with Gasteiger partial charge < -0.3 is 15.4 Å². The molecule has 0 bridgehead atoms. The van der Waals surface area contributed by atoms with E-state index in [0.717, 1.165) is 5.69 Å². The standard InChI is InChI=1S/C22H21N3O5/c1-12-11-16-19(21(26)18(12)22(27)30-2)20(13-7-3-6-10-17(13)25(28)29)24-15-9-5-4-8-14(15)23-16/h3-10,12,18,20,23-24H,11H2,1-2H3/t12-,18+,20+/m1/s1. The second kappa shape index (κ2) is 7.62. The Kier molecular flexibility index (Phi) is 4.99. The second-order valence-electron chi connectivity index (χ2n) is 7.50. The summed E-state index contributed by atoms with van der Waals surface area (Å²) in [5.74, 6) is -2.20. The highest BCUT2D eigenvalue weighted by Crippen LogP contribution is 2.45. The van der Waals surface area contributed by atoms with Gasteiger partial charge in [0.25, 0.3) is 5.69 Å². The van der Waals surface area contributed by atoms with Gasteiger partial charge >= 0.3 is 5.97 Å². The Balaban J connectivity index is 1.93. The summed E-state index contributed by atoms with van der Waals surface area (Å²) in [6.45, 7) is 1.83. The van der Waals surface area contributed by atoms with Crippen LogP contribution in [-0.2, 0) is 14.3 Å². The first-order valence-electron chi connectivity index (χ1n) is 9.63. The van der Waals surface area contributed by atoms with Crippen molar-refractivity contribution >= 4 is 28.8 Å². The van der Waals surface area contributed by atoms with Gasteiger partial charge in [0.2, 0.25) is 0 Å². The summed E-state index contributed by atoms with van der Waals surface area (Å²) >= 11 is 0. The molecule has 0 saturated heterocycles. The highest BCUT2D eigenvalue weighted by Gasteiger charge is 2.45. The number of fused-ring (bicyclic) bond motifs is 1. The zero-order chi connectivity index (χ0) is 21.4. The van der Waals surface area contributed by atoms with Crippen LogP contribution in [0, 0.1) is 22.0 Å². The molecule has 154 valence electrons. The number of carbonyl (C=O) groups is 2. The number of esters is 1. The molecule has 0 spiro atoms. The Bertz CT molecular complexity index is 1080. The highest BCUT2D eigenvalue weighted by molar-refractivity contribution is 6.11. The van der Waals surface area contributed by atoms with Gasteiger partial charge in [-0.3, -0.25) is 19.7 Å². The molecule has 0 fully saturated rings. The zero-order valence-electron chi connectivity index (χ0n) is 16.5. The maximum absolute atomic E-state index is 13.5. The van der Waals surface area contributed by atoms with Crippen LogP contribution in [-0.4, -0.2) is 23.8 Å². The molecule has 2 N–H and O–H groups in total. The Morgan fingerprint density at radius 1 is 1.13 bits per heavy atom. The van der Waals surface area contributed by atoms with E-state index in [9.17, 15) is 19.7 Å². The van der Waals surface area contributed by atoms with E-state index in [-0.39, 0.29) is 17.4 Å². The van der Waals surface area contributed by atoms with Gasteiger partial charge in [-0.15, -0.1) is 0 Å². The number of para-hydroxylation sites is 3. The molecule has 0 radical (unpaired) electrons. The molecule has 8 heteroatoms. The molecule has 2 aliphatic rings. The summed E-state index contributed by atoms with van der Waals surface area (Å²) in [4.78, 5) is 37.1. The van der Waals surface area contributed by atoms with Crippen molar-refractivity contribution in [3.05, 3.63) is 75.5 Å². The monoisotopic (exact) mass is 407 g/mol. The van der Waals surface area contributed by atoms with Crippen LogP contribution in [0.2, 0.25) is 0 Å². The number of allylic oxidation sites excluding steroid dienone is 1. The second-order valence-corrected chi connectivity index (χ2v) is 7.50. The summed E-state index contributed by atoms with van der Waals surface area (Å²) in [5.41, 5.74) is 2.73. The van der Waals surface area contributed by atoms with E-state index in [1.165, 1.54) is 13.2 Å². The van der Waals surface area contributed by atoms with Crippen LogP contribution < -0.4 is 10.6 Å². The fourth-order valence-electron chi connectivity index (χ4n) is 4.26. The Morgan fingerprint density at radius 2 is 1.80 bits per heavy atom. The van der Waals surface area contributed by atoms with Gasteiger partial charge in [0.15, 0.2) is 5.78 Å². The van der Waals surface area contributed by atoms with E-state index in [1.54, 1.807) is 18.2 Å². The van der Waals surface area contributed by atoms with Gasteiger partial charge in [0, 0.05) is 17.3 Å². The Hall–Kier alpha value is -3.68. The molecule has 0 unspecified atom stereocenters. The van der Waals surface area contributed by atoms with Crippen LogP contribution in [0.3, 0.4) is 0 Å². The minimum Gasteiger partial charge on any atom is -0.468 e. The van der Waals surface area contributed by atoms with Gasteiger partial charge in [-0.25, -0.2) is 0 Å². The van der Waals surface area contributed by atoms with E-state index < -0.39 is 22.9 Å². The quantitative estimate of drug-likeness (QED) is 0.344. The third kappa shape index (κ3) is 3.20. The molecule has 8 nitrogen and oxygen atoms in total. The zero-order valence-corrected chi connectivity index (χ0v) is 16.5. The van der Waals surface area contributed by atoms with E-state index >= 15 is 0 Å². The SMILES string of the molecule is COC(=O)[C@@H]1C(=O)C2=C(C[C@H]1C)Nc1ccccc1N[C@H]2c1ccccc1[N+](=O)[O-]. The summed E-state index contributed by atoms with van der Waals surface area (Å²) in [5, 5.41) is 18.3. The van der Waals surface area contributed by atoms with Crippen LogP contribution in [0.1, 0.15) is 24.9 Å². The van der Waals surface area contributed by atoms with Crippen LogP contribution >= 0.6 is 0 Å². The number of nitrogens with zero attached hydrogens (tertiary/aromatic N) is 1. The molecule has 0 aromatic heterocycles. The average Bonchev–Trinajstić information content (AvgIpc) is 2.90. The van der Waals surface area contributed by atoms with E-state index in [0.29, 0.717) is 28.9 Å². The summed E-state index contributed by atoms with van der Waals surface area (Å²) in [7, 11) is 1.26. The van der Waals surface area contributed by atoms with Crippen molar-refractivity contribution in [2.75, 3.05) is 17.7 Å². The molecular formula is C22H21N3O5. The summed E-state index contributed by atoms with van der Waals surface area (Å²) < 4.78 is 4.87. The number of hydrogen-bond acceptors (Lipinski definition) is 7. The number of methoxy groups -OCH3 is 1. The number of anilines is 2. The smallest absolute Gasteiger partial charge is 0.316 e. The molecule has 30 heavy (non-hydrogen) atoms. The number of ketones is 1. The van der Waals surface area contributed by atoms with Crippen molar-refractivity contribution in [2.24, 2.45) is 11.8 Å². The van der Waals surface area contributed by atoms with Gasteiger partial charge in [-0.1, -0.05) is 31.2 Å². The lowest BCUT2D eigenvalue weighted by Crippen LogP contribution is -2.39. The lowest BCUT2D eigenvalue weighted by Gasteiger charge is -2.32. The molecule has 0 saturated carbocycles. The Labute approximate surface area is 173 Å². The number of nitrogens with one attached hydrogen (secondary N) is 2. The Morgan fingerprint density at radius 3 is 2.50 bits per heavy atom. The maximum atomic E-state index is 13.5. The van der Waals surface area contributed by atoms with Crippen LogP contribution in [0.25, 0.3) is 0 Å². The third-order valence-electron chi connectivity index (χ3n) is 5.67. The van der Waals surface area contributed by atoms with Crippen molar-refractivity contribution < 1.29 is 19.2 Å². The topological polar surface area (TPSA) is 111 Å². The first-order valence-corrected chi connectivity index (χ1v) is 9.63. The van der Waals surface area contributed by atoms with Crippen molar-refractivity contribution in [3.8, 4) is 0 Å². The predicted molar refractivity (Wildman–Crippen MR) is 111 cm³/mol. The van der Waals surface area contributed by atoms with Crippen molar-refractivity contribution in [1.82, 2.24) is 0 Å². The molecule has 1 aliphatic heterocycles. The number of rotatable bonds is 3. The molecule has 0 amide bonds. The van der Waals surface area contributed by atoms with Crippen LogP contribution in [0.15, 0.2) is 59.8 Å². The van der Waals surface area contributed by atoms with Crippen LogP contribution in [0.5, 0.6) is 0 Å². The average molecular weight is 407 g/mol. The molecule has 1 heterocycles. The number of nitro groups is 1. The van der Waals surface area contributed by atoms with E-state index in [2.05, 4.69) is 10.6 Å². The third-order valence-corrected chi connectivity index (χ3v) is 5.67. The molecule has 1 aliphatic carbocycles. The number of benzene rings is 2. The number of ether oxygens (including phenoxy) is 1. The highest BCUT2D eigenvalue weighted by atomic mass is 16.6. The molecule has 4 rings (SSSR count). The first-order chi connectivity index (χ1) is 14.4. The number of nitro benzene ring substituents is 1. The minimum atomic E-state index is -0.955. The fourth-order valence-corrected chi connectivity index (χ4v) is 4.26. The molecule has 2 aromatic rings. The lowest BCUT2D eigenvalue weighted by atomic mass is 9.74. The maximum Gasteiger partial charge on any atom is 0.316 e. The minimum absolute atomic E-state index is 0.0951. The summed E-state index contributed by atoms with van der Waals surface area (Å²) in [6.07, 6.45) is 0.438. The number of carbonyl (C=O) groups excluding carboxylic acids is 2.